The molecule has 0 aliphatic rings. The van der Waals surface area contributed by atoms with Gasteiger partial charge in [-0.15, -0.1) is 0 Å². The molecule has 0 atom stereocenters. The second-order valence-corrected chi connectivity index (χ2v) is 5.74. The van der Waals surface area contributed by atoms with Crippen LogP contribution in [0.4, 0.5) is 11.5 Å². The van der Waals surface area contributed by atoms with Crippen molar-refractivity contribution in [1.29, 1.82) is 0 Å². The summed E-state index contributed by atoms with van der Waals surface area (Å²) in [6.45, 7) is 7.57. The number of fused-ring (bicyclic) bond motifs is 1. The molecular weight excluding hydrogens is 224 g/mol. The number of rotatable bonds is 3. The van der Waals surface area contributed by atoms with Crippen molar-refractivity contribution in [1.82, 2.24) is 9.97 Å². The summed E-state index contributed by atoms with van der Waals surface area (Å²) >= 11 is 0. The van der Waals surface area contributed by atoms with Crippen molar-refractivity contribution in [3.05, 3.63) is 24.5 Å². The maximum Gasteiger partial charge on any atom is 0.137 e. The van der Waals surface area contributed by atoms with Crippen molar-refractivity contribution in [2.45, 2.75) is 27.2 Å². The highest BCUT2D eigenvalue weighted by Gasteiger charge is 2.10. The minimum Gasteiger partial charge on any atom is -0.399 e. The van der Waals surface area contributed by atoms with Crippen LogP contribution in [-0.2, 0) is 0 Å². The Balaban J connectivity index is 2.20. The lowest BCUT2D eigenvalue weighted by molar-refractivity contribution is 0.389. The molecule has 0 aliphatic heterocycles. The number of benzene rings is 1. The normalized spacial score (nSPS) is 11.7. The maximum absolute atomic E-state index is 5.81. The average molecular weight is 244 g/mol. The van der Waals surface area contributed by atoms with E-state index in [2.05, 4.69) is 36.1 Å². The molecule has 2 rings (SSSR count). The summed E-state index contributed by atoms with van der Waals surface area (Å²) in [5, 5.41) is 4.34. The van der Waals surface area contributed by atoms with Gasteiger partial charge < -0.3 is 11.1 Å². The number of nitrogen functional groups attached to an aromatic ring is 1. The van der Waals surface area contributed by atoms with Gasteiger partial charge in [0.15, 0.2) is 0 Å². The topological polar surface area (TPSA) is 63.8 Å². The molecule has 1 aromatic carbocycles. The van der Waals surface area contributed by atoms with E-state index in [0.717, 1.165) is 35.4 Å². The van der Waals surface area contributed by atoms with Crippen molar-refractivity contribution < 1.29 is 0 Å². The van der Waals surface area contributed by atoms with Crippen LogP contribution in [0.1, 0.15) is 27.2 Å². The monoisotopic (exact) mass is 244 g/mol. The molecule has 0 spiro atoms. The van der Waals surface area contributed by atoms with Crippen molar-refractivity contribution in [2.24, 2.45) is 5.41 Å². The number of nitrogens with one attached hydrogen (secondary N) is 1. The molecule has 0 aliphatic carbocycles. The first-order valence-electron chi connectivity index (χ1n) is 6.20. The fraction of sp³-hybridized carbons (Fsp3) is 0.429. The Morgan fingerprint density at radius 3 is 2.72 bits per heavy atom. The van der Waals surface area contributed by atoms with Gasteiger partial charge in [0.05, 0.1) is 5.52 Å². The minimum absolute atomic E-state index is 0.314. The number of nitrogens with two attached hydrogens (primary N) is 1. The van der Waals surface area contributed by atoms with E-state index in [1.54, 1.807) is 6.33 Å². The molecule has 0 saturated carbocycles. The number of anilines is 2. The first-order chi connectivity index (χ1) is 8.46. The zero-order valence-electron chi connectivity index (χ0n) is 11.2. The highest BCUT2D eigenvalue weighted by molar-refractivity contribution is 5.91. The lowest BCUT2D eigenvalue weighted by atomic mass is 9.92. The fourth-order valence-corrected chi connectivity index (χ4v) is 1.77. The van der Waals surface area contributed by atoms with E-state index in [0.29, 0.717) is 5.41 Å². The Hall–Kier alpha value is -1.84. The highest BCUT2D eigenvalue weighted by atomic mass is 15.0. The molecule has 0 radical (unpaired) electrons. The Kier molecular flexibility index (Phi) is 3.36. The predicted molar refractivity (Wildman–Crippen MR) is 76.5 cm³/mol. The van der Waals surface area contributed by atoms with E-state index in [9.17, 15) is 0 Å². The van der Waals surface area contributed by atoms with Crippen LogP contribution in [0.3, 0.4) is 0 Å². The smallest absolute Gasteiger partial charge is 0.137 e. The number of nitrogens with zero attached hydrogens (tertiary/aromatic N) is 2. The zero-order chi connectivity index (χ0) is 13.2. The Morgan fingerprint density at radius 1 is 1.22 bits per heavy atom. The summed E-state index contributed by atoms with van der Waals surface area (Å²) < 4.78 is 0. The summed E-state index contributed by atoms with van der Waals surface area (Å²) in [4.78, 5) is 8.52. The van der Waals surface area contributed by atoms with Crippen molar-refractivity contribution in [2.75, 3.05) is 17.6 Å². The van der Waals surface area contributed by atoms with E-state index in [1.165, 1.54) is 0 Å². The van der Waals surface area contributed by atoms with Crippen LogP contribution >= 0.6 is 0 Å². The fourth-order valence-electron chi connectivity index (χ4n) is 1.77. The second-order valence-electron chi connectivity index (χ2n) is 5.74. The summed E-state index contributed by atoms with van der Waals surface area (Å²) in [6.07, 6.45) is 2.67. The first kappa shape index (κ1) is 12.6. The molecule has 1 heterocycles. The molecule has 0 fully saturated rings. The molecule has 0 saturated heterocycles. The third-order valence-electron chi connectivity index (χ3n) is 2.83. The minimum atomic E-state index is 0.314. The molecule has 18 heavy (non-hydrogen) atoms. The molecule has 1 aromatic heterocycles. The van der Waals surface area contributed by atoms with Crippen molar-refractivity contribution >= 4 is 22.4 Å². The maximum atomic E-state index is 5.81. The van der Waals surface area contributed by atoms with Crippen LogP contribution in [0.25, 0.3) is 10.9 Å². The molecule has 4 nitrogen and oxygen atoms in total. The van der Waals surface area contributed by atoms with Gasteiger partial charge in [-0.3, -0.25) is 0 Å². The third-order valence-corrected chi connectivity index (χ3v) is 2.83. The van der Waals surface area contributed by atoms with Crippen LogP contribution < -0.4 is 11.1 Å². The van der Waals surface area contributed by atoms with Gasteiger partial charge in [0, 0.05) is 17.6 Å². The Bertz CT molecular complexity index is 543. The van der Waals surface area contributed by atoms with Crippen molar-refractivity contribution in [3.8, 4) is 0 Å². The first-order valence-corrected chi connectivity index (χ1v) is 6.20. The van der Waals surface area contributed by atoms with Gasteiger partial charge in [-0.1, -0.05) is 20.8 Å². The molecule has 0 bridgehead atoms. The predicted octanol–water partition coefficient (Wildman–Crippen LogP) is 3.06. The number of hydrogen-bond acceptors (Lipinski definition) is 4. The van der Waals surface area contributed by atoms with Gasteiger partial charge in [-0.2, -0.15) is 0 Å². The summed E-state index contributed by atoms with van der Waals surface area (Å²) in [6, 6.07) is 5.68. The molecular formula is C14H20N4. The molecule has 3 N–H and O–H groups in total. The largest absolute Gasteiger partial charge is 0.399 e. The van der Waals surface area contributed by atoms with Gasteiger partial charge >= 0.3 is 0 Å². The zero-order valence-corrected chi connectivity index (χ0v) is 11.2. The quantitative estimate of drug-likeness (QED) is 0.814. The van der Waals surface area contributed by atoms with Crippen LogP contribution in [0.15, 0.2) is 24.5 Å². The molecule has 0 unspecified atom stereocenters. The van der Waals surface area contributed by atoms with Crippen LogP contribution in [0, 0.1) is 5.41 Å². The lowest BCUT2D eigenvalue weighted by Crippen LogP contribution is -2.13. The Labute approximate surface area is 108 Å². The highest BCUT2D eigenvalue weighted by Crippen LogP contribution is 2.23. The van der Waals surface area contributed by atoms with E-state index in [1.807, 2.05) is 18.2 Å². The van der Waals surface area contributed by atoms with Gasteiger partial charge in [-0.25, -0.2) is 9.97 Å². The Morgan fingerprint density at radius 2 is 2.00 bits per heavy atom. The number of hydrogen-bond donors (Lipinski definition) is 2. The summed E-state index contributed by atoms with van der Waals surface area (Å²) in [7, 11) is 0. The average Bonchev–Trinajstić information content (AvgIpc) is 2.28. The van der Waals surface area contributed by atoms with E-state index < -0.39 is 0 Å². The van der Waals surface area contributed by atoms with E-state index >= 15 is 0 Å². The SMILES string of the molecule is CC(C)(C)CCNc1ncnc2ccc(N)cc12. The van der Waals surface area contributed by atoms with Gasteiger partial charge in [0.25, 0.3) is 0 Å². The summed E-state index contributed by atoms with van der Waals surface area (Å²) in [5.74, 6) is 0.858. The third kappa shape index (κ3) is 3.09. The van der Waals surface area contributed by atoms with Crippen molar-refractivity contribution in [3.63, 3.8) is 0 Å². The van der Waals surface area contributed by atoms with E-state index in [4.69, 9.17) is 5.73 Å². The molecule has 2 aromatic rings. The van der Waals surface area contributed by atoms with Gasteiger partial charge in [-0.05, 0) is 30.0 Å². The standard InChI is InChI=1S/C14H20N4/c1-14(2,3)6-7-16-13-11-8-10(15)4-5-12(11)17-9-18-13/h4-5,8-9H,6-7,15H2,1-3H3,(H,16,17,18). The summed E-state index contributed by atoms with van der Waals surface area (Å²) in [5.41, 5.74) is 7.77. The molecule has 96 valence electrons. The van der Waals surface area contributed by atoms with E-state index in [-0.39, 0.29) is 0 Å². The lowest BCUT2D eigenvalue weighted by Gasteiger charge is -2.18. The van der Waals surface area contributed by atoms with Gasteiger partial charge in [0.2, 0.25) is 0 Å². The van der Waals surface area contributed by atoms with Crippen LogP contribution in [0.5, 0.6) is 0 Å². The van der Waals surface area contributed by atoms with Crippen LogP contribution in [-0.4, -0.2) is 16.5 Å². The van der Waals surface area contributed by atoms with Gasteiger partial charge in [0.1, 0.15) is 12.1 Å². The molecule has 4 heteroatoms. The van der Waals surface area contributed by atoms with Crippen LogP contribution in [0.2, 0.25) is 0 Å². The number of aromatic nitrogens is 2. The second kappa shape index (κ2) is 4.80. The molecule has 0 amide bonds.